The van der Waals surface area contributed by atoms with Gasteiger partial charge in [-0.1, -0.05) is 56.8 Å². The topological polar surface area (TPSA) is 66.4 Å². The van der Waals surface area contributed by atoms with Gasteiger partial charge in [-0.25, -0.2) is 8.42 Å². The number of nitrogens with one attached hydrogen (secondary N) is 1. The maximum Gasteiger partial charge on any atom is 0.265 e. The van der Waals surface area contributed by atoms with E-state index in [0.29, 0.717) is 4.47 Å². The first kappa shape index (κ1) is 16.7. The first-order chi connectivity index (χ1) is 9.72. The van der Waals surface area contributed by atoms with Crippen LogP contribution in [0.15, 0.2) is 39.7 Å². The minimum absolute atomic E-state index is 0.0169. The quantitative estimate of drug-likeness (QED) is 0.678. The fourth-order valence-electron chi connectivity index (χ4n) is 1.58. The summed E-state index contributed by atoms with van der Waals surface area (Å²) in [6, 6.07) is 7.08. The number of phenols is 1. The number of anilines is 1. The summed E-state index contributed by atoms with van der Waals surface area (Å²) in [5, 5.41) is 9.67. The molecule has 4 nitrogen and oxygen atoms in total. The van der Waals surface area contributed by atoms with Crippen molar-refractivity contribution in [2.75, 3.05) is 4.72 Å². The van der Waals surface area contributed by atoms with Gasteiger partial charge in [0.1, 0.15) is 4.90 Å². The molecule has 0 unspecified atom stereocenters. The number of sulfonamides is 1. The molecule has 112 valence electrons. The Kier molecular flexibility index (Phi) is 4.95. The van der Waals surface area contributed by atoms with Crippen LogP contribution in [0.5, 0.6) is 5.75 Å². The van der Waals surface area contributed by atoms with Crippen LogP contribution in [-0.4, -0.2) is 13.5 Å². The Hall–Kier alpha value is -0.660. The van der Waals surface area contributed by atoms with Crippen molar-refractivity contribution >= 4 is 66.4 Å². The summed E-state index contributed by atoms with van der Waals surface area (Å²) < 4.78 is 27.5. The molecule has 0 saturated carbocycles. The van der Waals surface area contributed by atoms with E-state index in [2.05, 4.69) is 20.7 Å². The SMILES string of the molecule is O=S(=O)(Nc1cccc(Cl)c1O)c1c(Cl)cc(Br)cc1Cl. The van der Waals surface area contributed by atoms with Gasteiger partial charge in [0.05, 0.1) is 20.8 Å². The smallest absolute Gasteiger partial charge is 0.265 e. The highest BCUT2D eigenvalue weighted by atomic mass is 79.9. The highest BCUT2D eigenvalue weighted by Gasteiger charge is 2.24. The molecular weight excluding hydrogens is 424 g/mol. The van der Waals surface area contributed by atoms with Crippen molar-refractivity contribution in [1.29, 1.82) is 0 Å². The summed E-state index contributed by atoms with van der Waals surface area (Å²) in [5.41, 5.74) is -0.0717. The third-order valence-corrected chi connectivity index (χ3v) is 5.51. The van der Waals surface area contributed by atoms with E-state index in [1.54, 1.807) is 0 Å². The van der Waals surface area contributed by atoms with Crippen molar-refractivity contribution < 1.29 is 13.5 Å². The summed E-state index contributed by atoms with van der Waals surface area (Å²) in [5.74, 6) is -0.382. The van der Waals surface area contributed by atoms with Gasteiger partial charge in [-0.15, -0.1) is 0 Å². The second-order valence-corrected chi connectivity index (χ2v) is 7.70. The monoisotopic (exact) mass is 429 g/mol. The van der Waals surface area contributed by atoms with Crippen LogP contribution in [0.2, 0.25) is 15.1 Å². The van der Waals surface area contributed by atoms with Gasteiger partial charge in [-0.3, -0.25) is 4.72 Å². The summed E-state index contributed by atoms with van der Waals surface area (Å²) in [6.45, 7) is 0. The Bertz CT molecular complexity index is 788. The van der Waals surface area contributed by atoms with Crippen LogP contribution in [0.25, 0.3) is 0 Å². The van der Waals surface area contributed by atoms with Crippen LogP contribution >= 0.6 is 50.7 Å². The first-order valence-corrected chi connectivity index (χ1v) is 8.78. The zero-order chi connectivity index (χ0) is 15.8. The number of para-hydroxylation sites is 1. The number of aromatic hydroxyl groups is 1. The molecule has 0 radical (unpaired) electrons. The van der Waals surface area contributed by atoms with Crippen LogP contribution in [0.3, 0.4) is 0 Å². The Balaban J connectivity index is 2.51. The average Bonchev–Trinajstić information content (AvgIpc) is 2.33. The van der Waals surface area contributed by atoms with Crippen molar-refractivity contribution in [2.24, 2.45) is 0 Å². The van der Waals surface area contributed by atoms with Gasteiger partial charge in [0.25, 0.3) is 10.0 Å². The Morgan fingerprint density at radius 2 is 1.62 bits per heavy atom. The molecule has 0 aromatic heterocycles. The van der Waals surface area contributed by atoms with Crippen LogP contribution < -0.4 is 4.72 Å². The maximum atomic E-state index is 12.4. The van der Waals surface area contributed by atoms with Gasteiger partial charge in [-0.05, 0) is 24.3 Å². The lowest BCUT2D eigenvalue weighted by Gasteiger charge is -2.13. The highest BCUT2D eigenvalue weighted by molar-refractivity contribution is 9.10. The van der Waals surface area contributed by atoms with E-state index in [0.717, 1.165) is 0 Å². The Morgan fingerprint density at radius 1 is 1.05 bits per heavy atom. The predicted octanol–water partition coefficient (Wildman–Crippen LogP) is 4.92. The first-order valence-electron chi connectivity index (χ1n) is 5.37. The molecule has 2 rings (SSSR count). The van der Waals surface area contributed by atoms with Gasteiger partial charge >= 0.3 is 0 Å². The predicted molar refractivity (Wildman–Crippen MR) is 88.1 cm³/mol. The number of hydrogen-bond donors (Lipinski definition) is 2. The number of halogens is 4. The number of benzene rings is 2. The van der Waals surface area contributed by atoms with Crippen molar-refractivity contribution in [3.8, 4) is 5.75 Å². The van der Waals surface area contributed by atoms with Crippen LogP contribution in [0.4, 0.5) is 5.69 Å². The zero-order valence-corrected chi connectivity index (χ0v) is 14.7. The molecule has 0 atom stereocenters. The third-order valence-electron chi connectivity index (χ3n) is 2.46. The van der Waals surface area contributed by atoms with Crippen LogP contribution in [0, 0.1) is 0 Å². The molecule has 0 aliphatic carbocycles. The molecule has 21 heavy (non-hydrogen) atoms. The van der Waals surface area contributed by atoms with Gasteiger partial charge in [0.2, 0.25) is 0 Å². The molecule has 0 aliphatic rings. The minimum Gasteiger partial charge on any atom is -0.504 e. The molecule has 0 aliphatic heterocycles. The summed E-state index contributed by atoms with van der Waals surface area (Å²) in [6.07, 6.45) is 0. The van der Waals surface area contributed by atoms with Crippen LogP contribution in [-0.2, 0) is 10.0 Å². The number of rotatable bonds is 3. The van der Waals surface area contributed by atoms with E-state index < -0.39 is 10.0 Å². The van der Waals surface area contributed by atoms with Crippen molar-refractivity contribution in [1.82, 2.24) is 0 Å². The Labute approximate surface area is 144 Å². The van der Waals surface area contributed by atoms with E-state index in [4.69, 9.17) is 34.8 Å². The highest BCUT2D eigenvalue weighted by Crippen LogP contribution is 2.37. The second kappa shape index (κ2) is 6.22. The summed E-state index contributed by atoms with van der Waals surface area (Å²) in [4.78, 5) is -0.284. The van der Waals surface area contributed by atoms with Crippen molar-refractivity contribution in [3.05, 3.63) is 49.9 Å². The molecule has 2 aromatic carbocycles. The molecule has 2 N–H and O–H groups in total. The molecule has 0 spiro atoms. The standard InChI is InChI=1S/C12H7BrCl3NO3S/c13-6-4-8(15)12(9(16)5-6)21(19,20)17-10-3-1-2-7(14)11(10)18/h1-5,17-18H. The lowest BCUT2D eigenvalue weighted by atomic mass is 10.3. The molecule has 2 aromatic rings. The molecule has 0 heterocycles. The number of hydrogen-bond acceptors (Lipinski definition) is 3. The largest absolute Gasteiger partial charge is 0.504 e. The maximum absolute atomic E-state index is 12.4. The lowest BCUT2D eigenvalue weighted by Crippen LogP contribution is -2.14. The second-order valence-electron chi connectivity index (χ2n) is 3.94. The fraction of sp³-hybridized carbons (Fsp3) is 0. The molecule has 0 saturated heterocycles. The van der Waals surface area contributed by atoms with Crippen LogP contribution in [0.1, 0.15) is 0 Å². The summed E-state index contributed by atoms with van der Waals surface area (Å²) in [7, 11) is -4.08. The molecule has 0 bridgehead atoms. The minimum atomic E-state index is -4.08. The average molecular weight is 432 g/mol. The van der Waals surface area contributed by atoms with E-state index in [1.807, 2.05) is 0 Å². The lowest BCUT2D eigenvalue weighted by molar-refractivity contribution is 0.478. The third kappa shape index (κ3) is 3.57. The number of phenolic OH excluding ortho intramolecular Hbond substituents is 1. The van der Waals surface area contributed by atoms with Crippen molar-refractivity contribution in [2.45, 2.75) is 4.90 Å². The van der Waals surface area contributed by atoms with Gasteiger partial charge in [0.15, 0.2) is 5.75 Å². The van der Waals surface area contributed by atoms with Gasteiger partial charge in [0, 0.05) is 4.47 Å². The molecule has 0 amide bonds. The van der Waals surface area contributed by atoms with E-state index in [1.165, 1.54) is 30.3 Å². The fourth-order valence-corrected chi connectivity index (χ4v) is 4.76. The molecule has 9 heteroatoms. The van der Waals surface area contributed by atoms with Gasteiger partial charge in [-0.2, -0.15) is 0 Å². The molecular formula is C12H7BrCl3NO3S. The van der Waals surface area contributed by atoms with E-state index in [-0.39, 0.29) is 31.4 Å². The normalized spacial score (nSPS) is 11.4. The van der Waals surface area contributed by atoms with Crippen molar-refractivity contribution in [3.63, 3.8) is 0 Å². The summed E-state index contributed by atoms with van der Waals surface area (Å²) >= 11 is 20.8. The Morgan fingerprint density at radius 3 is 2.19 bits per heavy atom. The van der Waals surface area contributed by atoms with E-state index >= 15 is 0 Å². The molecule has 0 fully saturated rings. The van der Waals surface area contributed by atoms with E-state index in [9.17, 15) is 13.5 Å². The van der Waals surface area contributed by atoms with Gasteiger partial charge < -0.3 is 5.11 Å². The zero-order valence-electron chi connectivity index (χ0n) is 10.1.